The van der Waals surface area contributed by atoms with Gasteiger partial charge in [0.05, 0.1) is 17.6 Å². The van der Waals surface area contributed by atoms with E-state index in [1.165, 1.54) is 0 Å². The Bertz CT molecular complexity index is 593. The van der Waals surface area contributed by atoms with Crippen LogP contribution in [-0.4, -0.2) is 45.1 Å². The molecule has 132 valence electrons. The highest BCUT2D eigenvalue weighted by molar-refractivity contribution is 5.76. The molecule has 0 spiro atoms. The highest BCUT2D eigenvalue weighted by Crippen LogP contribution is 2.49. The van der Waals surface area contributed by atoms with Gasteiger partial charge in [0.1, 0.15) is 6.23 Å². The molecule has 1 saturated heterocycles. The van der Waals surface area contributed by atoms with Crippen LogP contribution >= 0.6 is 0 Å². The topological polar surface area (TPSA) is 104 Å². The molecule has 4 N–H and O–H groups in total. The maximum absolute atomic E-state index is 12.8. The predicted molar refractivity (Wildman–Crippen MR) is 86.5 cm³/mol. The van der Waals surface area contributed by atoms with Crippen LogP contribution in [0.1, 0.15) is 38.7 Å². The number of aliphatic hydroxyl groups excluding tert-OH is 1. The smallest absolute Gasteiger partial charge is 0.312 e. The lowest BCUT2D eigenvalue weighted by atomic mass is 9.60. The minimum atomic E-state index is -1.26. The van der Waals surface area contributed by atoms with Crippen LogP contribution in [0.3, 0.4) is 0 Å². The molecular weight excluding hydrogens is 310 g/mol. The van der Waals surface area contributed by atoms with E-state index in [0.717, 1.165) is 5.56 Å². The quantitative estimate of drug-likeness (QED) is 0.589. The normalized spacial score (nSPS) is 38.8. The number of ether oxygens (including phenoxy) is 1. The lowest BCUT2D eigenvalue weighted by molar-refractivity contribution is -0.171. The maximum Gasteiger partial charge on any atom is 0.312 e. The lowest BCUT2D eigenvalue weighted by Gasteiger charge is -2.47. The molecule has 24 heavy (non-hydrogen) atoms. The summed E-state index contributed by atoms with van der Waals surface area (Å²) in [4.78, 5) is 16.9. The summed E-state index contributed by atoms with van der Waals surface area (Å²) < 4.78 is 5.42. The Morgan fingerprint density at radius 3 is 2.83 bits per heavy atom. The molecule has 1 aromatic rings. The Morgan fingerprint density at radius 1 is 1.46 bits per heavy atom. The number of hydrazine groups is 1. The summed E-state index contributed by atoms with van der Waals surface area (Å²) in [6.45, 7) is 5.22. The number of rotatable bonds is 3. The Morgan fingerprint density at radius 2 is 2.21 bits per heavy atom. The molecule has 1 saturated carbocycles. The second-order valence-electron chi connectivity index (χ2n) is 7.25. The molecule has 0 amide bonds. The largest absolute Gasteiger partial charge is 0.463 e. The minimum absolute atomic E-state index is 0.150. The average molecular weight is 335 g/mol. The molecule has 2 fully saturated rings. The van der Waals surface area contributed by atoms with Crippen molar-refractivity contribution in [1.82, 2.24) is 15.8 Å². The number of carbonyl (C=O) groups is 1. The third-order valence-electron chi connectivity index (χ3n) is 5.00. The van der Waals surface area contributed by atoms with Gasteiger partial charge in [0, 0.05) is 30.3 Å². The zero-order valence-electron chi connectivity index (χ0n) is 14.1. The fraction of sp³-hybridized carbons (Fsp3) is 0.647. The van der Waals surface area contributed by atoms with E-state index in [9.17, 15) is 15.0 Å². The van der Waals surface area contributed by atoms with Crippen LogP contribution in [0, 0.1) is 11.8 Å². The first-order valence-corrected chi connectivity index (χ1v) is 8.33. The summed E-state index contributed by atoms with van der Waals surface area (Å²) >= 11 is 0. The SMILES string of the molecule is CC(C)OC(=O)C1C(c2cccnc2)C2C(O)NNC2CC1(C)O. The van der Waals surface area contributed by atoms with Gasteiger partial charge in [-0.3, -0.25) is 15.2 Å². The van der Waals surface area contributed by atoms with Gasteiger partial charge in [-0.15, -0.1) is 0 Å². The molecule has 6 unspecified atom stereocenters. The number of nitrogens with zero attached hydrogens (tertiary/aromatic N) is 1. The van der Waals surface area contributed by atoms with Gasteiger partial charge in [-0.25, -0.2) is 5.43 Å². The molecule has 1 aromatic heterocycles. The molecule has 2 aliphatic rings. The van der Waals surface area contributed by atoms with Crippen LogP contribution in [0.25, 0.3) is 0 Å². The number of esters is 1. The number of hydrogen-bond acceptors (Lipinski definition) is 7. The molecule has 0 radical (unpaired) electrons. The Kier molecular flexibility index (Phi) is 4.61. The average Bonchev–Trinajstić information content (AvgIpc) is 2.85. The first-order chi connectivity index (χ1) is 11.3. The van der Waals surface area contributed by atoms with Crippen LogP contribution in [0.15, 0.2) is 24.5 Å². The number of hydrogen-bond donors (Lipinski definition) is 4. The van der Waals surface area contributed by atoms with Crippen LogP contribution in [-0.2, 0) is 9.53 Å². The third-order valence-corrected chi connectivity index (χ3v) is 5.00. The first-order valence-electron chi connectivity index (χ1n) is 8.33. The van der Waals surface area contributed by atoms with Gasteiger partial charge in [0.2, 0.25) is 0 Å². The number of fused-ring (bicyclic) bond motifs is 1. The zero-order chi connectivity index (χ0) is 17.5. The third kappa shape index (κ3) is 3.04. The number of aromatic nitrogens is 1. The molecule has 1 aliphatic heterocycles. The number of nitrogens with one attached hydrogen (secondary N) is 2. The minimum Gasteiger partial charge on any atom is -0.463 e. The number of aliphatic hydroxyl groups is 2. The molecule has 2 heterocycles. The van der Waals surface area contributed by atoms with Crippen molar-refractivity contribution in [2.24, 2.45) is 11.8 Å². The van der Waals surface area contributed by atoms with Gasteiger partial charge >= 0.3 is 5.97 Å². The van der Waals surface area contributed by atoms with Crippen molar-refractivity contribution in [1.29, 1.82) is 0 Å². The van der Waals surface area contributed by atoms with E-state index < -0.39 is 29.6 Å². The summed E-state index contributed by atoms with van der Waals surface area (Å²) in [5.41, 5.74) is 5.40. The van der Waals surface area contributed by atoms with Crippen molar-refractivity contribution < 1.29 is 19.7 Å². The predicted octanol–water partition coefficient (Wildman–Crippen LogP) is 0.299. The van der Waals surface area contributed by atoms with Gasteiger partial charge in [-0.1, -0.05) is 6.07 Å². The number of carbonyl (C=O) groups excluding carboxylic acids is 1. The molecule has 6 atom stereocenters. The van der Waals surface area contributed by atoms with Crippen molar-refractivity contribution in [2.75, 3.05) is 0 Å². The monoisotopic (exact) mass is 335 g/mol. The Hall–Kier alpha value is -1.54. The van der Waals surface area contributed by atoms with Crippen molar-refractivity contribution in [3.8, 4) is 0 Å². The van der Waals surface area contributed by atoms with Crippen molar-refractivity contribution >= 4 is 5.97 Å². The number of pyridine rings is 1. The van der Waals surface area contributed by atoms with Gasteiger partial charge in [0.15, 0.2) is 0 Å². The molecule has 0 aromatic carbocycles. The summed E-state index contributed by atoms with van der Waals surface area (Å²) in [5.74, 6) is -1.89. The molecule has 0 bridgehead atoms. The van der Waals surface area contributed by atoms with Gasteiger partial charge in [-0.05, 0) is 38.8 Å². The molecule has 7 heteroatoms. The van der Waals surface area contributed by atoms with Gasteiger partial charge < -0.3 is 14.9 Å². The fourth-order valence-corrected chi connectivity index (χ4v) is 4.11. The van der Waals surface area contributed by atoms with Crippen molar-refractivity contribution in [3.63, 3.8) is 0 Å². The van der Waals surface area contributed by atoms with Crippen LogP contribution in [0.4, 0.5) is 0 Å². The van der Waals surface area contributed by atoms with E-state index in [2.05, 4.69) is 15.8 Å². The first kappa shape index (κ1) is 17.3. The maximum atomic E-state index is 12.8. The Balaban J connectivity index is 2.05. The van der Waals surface area contributed by atoms with E-state index in [-0.39, 0.29) is 18.1 Å². The summed E-state index contributed by atoms with van der Waals surface area (Å²) in [6.07, 6.45) is 2.60. The zero-order valence-corrected chi connectivity index (χ0v) is 14.1. The standard InChI is InChI=1S/C17H25N3O4/c1-9(2)24-16(22)14-12(10-5-4-6-18-8-10)13-11(7-17(14,3)23)19-20-15(13)21/h4-6,8-9,11-15,19-21,23H,7H2,1-3H3. The van der Waals surface area contributed by atoms with Crippen molar-refractivity contribution in [2.45, 2.75) is 57.1 Å². The second kappa shape index (κ2) is 6.40. The van der Waals surface area contributed by atoms with Crippen molar-refractivity contribution in [3.05, 3.63) is 30.1 Å². The van der Waals surface area contributed by atoms with E-state index in [4.69, 9.17) is 4.74 Å². The summed E-state index contributed by atoms with van der Waals surface area (Å²) in [7, 11) is 0. The van der Waals surface area contributed by atoms with Crippen LogP contribution in [0.2, 0.25) is 0 Å². The highest BCUT2D eigenvalue weighted by Gasteiger charge is 2.58. The van der Waals surface area contributed by atoms with E-state index in [1.54, 1.807) is 39.2 Å². The highest BCUT2D eigenvalue weighted by atomic mass is 16.5. The molecule has 1 aliphatic carbocycles. The fourth-order valence-electron chi connectivity index (χ4n) is 4.11. The lowest BCUT2D eigenvalue weighted by Crippen LogP contribution is -2.56. The van der Waals surface area contributed by atoms with E-state index >= 15 is 0 Å². The van der Waals surface area contributed by atoms with E-state index in [1.807, 2.05) is 6.07 Å². The Labute approximate surface area is 141 Å². The van der Waals surface area contributed by atoms with Crippen LogP contribution in [0.5, 0.6) is 0 Å². The van der Waals surface area contributed by atoms with E-state index in [0.29, 0.717) is 6.42 Å². The molecule has 7 nitrogen and oxygen atoms in total. The van der Waals surface area contributed by atoms with Crippen LogP contribution < -0.4 is 10.9 Å². The van der Waals surface area contributed by atoms with Gasteiger partial charge in [-0.2, -0.15) is 0 Å². The summed E-state index contributed by atoms with van der Waals surface area (Å²) in [6, 6.07) is 3.51. The second-order valence-corrected chi connectivity index (χ2v) is 7.25. The summed E-state index contributed by atoms with van der Waals surface area (Å²) in [5, 5.41) is 21.4. The van der Waals surface area contributed by atoms with Gasteiger partial charge in [0.25, 0.3) is 0 Å². The molecule has 3 rings (SSSR count). The molecular formula is C17H25N3O4.